The number of carbonyl (C=O) groups excluding carboxylic acids is 1. The topological polar surface area (TPSA) is 122 Å². The molecule has 12 heteroatoms. The number of carbonyl (C=O) groups is 2. The highest BCUT2D eigenvalue weighted by molar-refractivity contribution is 6.28. The Morgan fingerprint density at radius 2 is 1.29 bits per heavy atom. The zero-order valence-corrected chi connectivity index (χ0v) is 18.4. The van der Waals surface area contributed by atoms with Crippen LogP contribution in [0.2, 0.25) is 10.6 Å². The van der Waals surface area contributed by atoms with Gasteiger partial charge in [-0.15, -0.1) is 0 Å². The summed E-state index contributed by atoms with van der Waals surface area (Å²) in [5.74, 6) is -0.448. The van der Waals surface area contributed by atoms with E-state index in [1.54, 1.807) is 0 Å². The second-order valence-corrected chi connectivity index (χ2v) is 7.61. The van der Waals surface area contributed by atoms with E-state index in [2.05, 4.69) is 24.7 Å². The number of carboxylic acids is 1. The van der Waals surface area contributed by atoms with Crippen LogP contribution < -0.4 is 9.80 Å². The Hall–Kier alpha value is -2.72. The van der Waals surface area contributed by atoms with E-state index in [-0.39, 0.29) is 16.1 Å². The first-order valence-electron chi connectivity index (χ1n) is 9.77. The van der Waals surface area contributed by atoms with Crippen molar-refractivity contribution in [2.75, 3.05) is 43.1 Å². The highest BCUT2D eigenvalue weighted by Crippen LogP contribution is 2.24. The molecule has 0 spiro atoms. The molecular weight excluding hydrogens is 447 g/mol. The lowest BCUT2D eigenvalue weighted by molar-refractivity contribution is 0.0599. The maximum absolute atomic E-state index is 11.5. The van der Waals surface area contributed by atoms with Gasteiger partial charge in [0.25, 0.3) is 0 Å². The van der Waals surface area contributed by atoms with Gasteiger partial charge < -0.3 is 19.6 Å². The largest absolute Gasteiger partial charge is 0.477 e. The molecule has 0 radical (unpaired) electrons. The van der Waals surface area contributed by atoms with Gasteiger partial charge in [0, 0.05) is 38.6 Å². The molecule has 10 nitrogen and oxygen atoms in total. The van der Waals surface area contributed by atoms with Crippen LogP contribution in [0.4, 0.5) is 11.6 Å². The van der Waals surface area contributed by atoms with Gasteiger partial charge in [-0.25, -0.2) is 19.6 Å². The molecule has 0 amide bonds. The Balaban J connectivity index is 0.000000176. The summed E-state index contributed by atoms with van der Waals surface area (Å²) in [5, 5.41) is 9.20. The number of halogens is 2. The number of methoxy groups -OCH3 is 1. The van der Waals surface area contributed by atoms with Gasteiger partial charge in [-0.3, -0.25) is 0 Å². The maximum atomic E-state index is 11.5. The summed E-state index contributed by atoms with van der Waals surface area (Å²) < 4.78 is 4.69. The number of rotatable bonds is 4. The first-order chi connectivity index (χ1) is 14.9. The van der Waals surface area contributed by atoms with Crippen molar-refractivity contribution in [3.63, 3.8) is 0 Å². The molecule has 2 aliphatic rings. The Morgan fingerprint density at radius 3 is 1.71 bits per heavy atom. The first-order valence-corrected chi connectivity index (χ1v) is 10.5. The highest BCUT2D eigenvalue weighted by Gasteiger charge is 2.23. The first kappa shape index (κ1) is 23.0. The van der Waals surface area contributed by atoms with Gasteiger partial charge >= 0.3 is 11.9 Å². The quantitative estimate of drug-likeness (QED) is 0.528. The number of aromatic carboxylic acids is 1. The standard InChI is InChI=1S/C10H12ClN3O2.C9H10ClN3O2/c1-16-9(15)7-6-12-10(11)13-8(7)14-4-2-3-5-14;10-9-11-5-6(8(14)15)7(12-9)13-3-1-2-4-13/h6H,2-5H2,1H3;5H,1-4H2,(H,14,15). The summed E-state index contributed by atoms with van der Waals surface area (Å²) in [6.45, 7) is 3.43. The summed E-state index contributed by atoms with van der Waals surface area (Å²) in [4.78, 5) is 42.0. The van der Waals surface area contributed by atoms with Gasteiger partial charge in [0.1, 0.15) is 22.8 Å². The minimum absolute atomic E-state index is 0.0851. The number of hydrogen-bond acceptors (Lipinski definition) is 9. The van der Waals surface area contributed by atoms with E-state index < -0.39 is 11.9 Å². The lowest BCUT2D eigenvalue weighted by Crippen LogP contribution is -2.23. The molecule has 1 N–H and O–H groups in total. The summed E-state index contributed by atoms with van der Waals surface area (Å²) in [7, 11) is 1.34. The molecule has 2 aromatic rings. The number of esters is 1. The Kier molecular flexibility index (Phi) is 7.80. The fourth-order valence-electron chi connectivity index (χ4n) is 3.45. The summed E-state index contributed by atoms with van der Waals surface area (Å²) in [6.07, 6.45) is 6.98. The van der Waals surface area contributed by atoms with Gasteiger partial charge in [0.05, 0.1) is 7.11 Å². The molecule has 0 bridgehead atoms. The second-order valence-electron chi connectivity index (χ2n) is 6.94. The average molecular weight is 469 g/mol. The van der Waals surface area contributed by atoms with Crippen molar-refractivity contribution in [1.82, 2.24) is 19.9 Å². The third-order valence-corrected chi connectivity index (χ3v) is 5.29. The molecule has 2 aromatic heterocycles. The number of ether oxygens (including phenoxy) is 1. The Bertz CT molecular complexity index is 949. The van der Waals surface area contributed by atoms with E-state index in [1.165, 1.54) is 19.5 Å². The van der Waals surface area contributed by atoms with Crippen molar-refractivity contribution in [3.8, 4) is 0 Å². The highest BCUT2D eigenvalue weighted by atomic mass is 35.5. The molecule has 31 heavy (non-hydrogen) atoms. The van der Waals surface area contributed by atoms with Gasteiger partial charge in [0.15, 0.2) is 0 Å². The third-order valence-electron chi connectivity index (χ3n) is 4.93. The van der Waals surface area contributed by atoms with Crippen LogP contribution >= 0.6 is 23.2 Å². The van der Waals surface area contributed by atoms with E-state index in [0.717, 1.165) is 51.9 Å². The normalized spacial score (nSPS) is 15.5. The Labute approximate surface area is 189 Å². The van der Waals surface area contributed by atoms with Crippen LogP contribution in [0.25, 0.3) is 0 Å². The van der Waals surface area contributed by atoms with Crippen LogP contribution in [0.3, 0.4) is 0 Å². The van der Waals surface area contributed by atoms with Gasteiger partial charge in [-0.05, 0) is 48.9 Å². The molecule has 0 saturated carbocycles. The van der Waals surface area contributed by atoms with Gasteiger partial charge in [-0.1, -0.05) is 0 Å². The van der Waals surface area contributed by atoms with Crippen molar-refractivity contribution < 1.29 is 19.4 Å². The Morgan fingerprint density at radius 1 is 0.871 bits per heavy atom. The maximum Gasteiger partial charge on any atom is 0.343 e. The predicted octanol–water partition coefficient (Wildman–Crippen LogP) is 2.95. The smallest absolute Gasteiger partial charge is 0.343 e. The molecular formula is C19H22Cl2N6O4. The summed E-state index contributed by atoms with van der Waals surface area (Å²) in [5.41, 5.74) is 0.482. The van der Waals surface area contributed by atoms with Crippen molar-refractivity contribution >= 4 is 46.8 Å². The molecule has 2 fully saturated rings. The zero-order valence-electron chi connectivity index (χ0n) is 16.9. The summed E-state index contributed by atoms with van der Waals surface area (Å²) >= 11 is 11.4. The van der Waals surface area contributed by atoms with Crippen molar-refractivity contribution in [2.24, 2.45) is 0 Å². The monoisotopic (exact) mass is 468 g/mol. The van der Waals surface area contributed by atoms with Gasteiger partial charge in [0.2, 0.25) is 10.6 Å². The molecule has 4 rings (SSSR count). The van der Waals surface area contributed by atoms with Crippen molar-refractivity contribution in [1.29, 1.82) is 0 Å². The third kappa shape index (κ3) is 5.71. The molecule has 0 aromatic carbocycles. The number of hydrogen-bond donors (Lipinski definition) is 1. The minimum Gasteiger partial charge on any atom is -0.477 e. The van der Waals surface area contributed by atoms with Crippen LogP contribution in [-0.2, 0) is 4.74 Å². The van der Waals surface area contributed by atoms with Gasteiger partial charge in [-0.2, -0.15) is 9.97 Å². The fourth-order valence-corrected chi connectivity index (χ4v) is 3.71. The lowest BCUT2D eigenvalue weighted by Gasteiger charge is -2.18. The number of anilines is 2. The average Bonchev–Trinajstić information content (AvgIpc) is 3.47. The lowest BCUT2D eigenvalue weighted by atomic mass is 10.3. The second kappa shape index (κ2) is 10.5. The van der Waals surface area contributed by atoms with E-state index in [1.807, 2.05) is 9.80 Å². The van der Waals surface area contributed by atoms with E-state index in [4.69, 9.17) is 28.3 Å². The molecule has 0 aliphatic carbocycles. The van der Waals surface area contributed by atoms with Crippen LogP contribution in [0.15, 0.2) is 12.4 Å². The van der Waals surface area contributed by atoms with E-state index >= 15 is 0 Å². The number of nitrogens with zero attached hydrogens (tertiary/aromatic N) is 6. The van der Waals surface area contributed by atoms with E-state index in [0.29, 0.717) is 17.2 Å². The molecule has 166 valence electrons. The van der Waals surface area contributed by atoms with Crippen LogP contribution in [0.1, 0.15) is 46.4 Å². The molecule has 0 unspecified atom stereocenters. The zero-order chi connectivity index (χ0) is 22.4. The number of carboxylic acid groups (broad SMARTS) is 1. The SMILES string of the molecule is COC(=O)c1cnc(Cl)nc1N1CCCC1.O=C(O)c1cnc(Cl)nc1N1CCCC1. The summed E-state index contributed by atoms with van der Waals surface area (Å²) in [6, 6.07) is 0. The molecule has 4 heterocycles. The van der Waals surface area contributed by atoms with Crippen LogP contribution in [-0.4, -0.2) is 70.3 Å². The van der Waals surface area contributed by atoms with Crippen molar-refractivity contribution in [2.45, 2.75) is 25.7 Å². The molecule has 0 atom stereocenters. The minimum atomic E-state index is -1.02. The molecule has 2 saturated heterocycles. The molecule has 2 aliphatic heterocycles. The predicted molar refractivity (Wildman–Crippen MR) is 115 cm³/mol. The number of aromatic nitrogens is 4. The fraction of sp³-hybridized carbons (Fsp3) is 0.474. The van der Waals surface area contributed by atoms with Crippen LogP contribution in [0, 0.1) is 0 Å². The van der Waals surface area contributed by atoms with Crippen molar-refractivity contribution in [3.05, 3.63) is 34.1 Å². The van der Waals surface area contributed by atoms with Crippen LogP contribution in [0.5, 0.6) is 0 Å². The van der Waals surface area contributed by atoms with E-state index in [9.17, 15) is 9.59 Å².